The van der Waals surface area contributed by atoms with Gasteiger partial charge in [0.25, 0.3) is 0 Å². The van der Waals surface area contributed by atoms with E-state index in [-0.39, 0.29) is 18.8 Å². The van der Waals surface area contributed by atoms with Crippen LogP contribution >= 0.6 is 0 Å². The lowest BCUT2D eigenvalue weighted by atomic mass is 10.1. The van der Waals surface area contributed by atoms with Gasteiger partial charge in [-0.2, -0.15) is 13.2 Å². The molecule has 1 aliphatic heterocycles. The molecule has 10 heteroatoms. The fourth-order valence-electron chi connectivity index (χ4n) is 2.35. The highest BCUT2D eigenvalue weighted by Crippen LogP contribution is 2.29. The molecule has 2 N–H and O–H groups in total. The normalized spacial score (nSPS) is 19.1. The SMILES string of the molecule is CC[C@H](F)[C@H]1CNC(=O)N1CC(=O)Nc1cc(C(F)(F)F)ccn1. The number of alkyl halides is 4. The number of anilines is 1. The molecule has 1 aromatic rings. The van der Waals surface area contributed by atoms with Crippen LogP contribution in [-0.2, 0) is 11.0 Å². The summed E-state index contributed by atoms with van der Waals surface area (Å²) in [5.74, 6) is -1.05. The third-order valence-corrected chi connectivity index (χ3v) is 3.60. The van der Waals surface area contributed by atoms with Gasteiger partial charge in [-0.3, -0.25) is 4.79 Å². The number of halogens is 4. The Morgan fingerprint density at radius 3 is 2.88 bits per heavy atom. The molecule has 0 aliphatic carbocycles. The van der Waals surface area contributed by atoms with E-state index in [1.807, 2.05) is 0 Å². The minimum absolute atomic E-state index is 0.0724. The van der Waals surface area contributed by atoms with E-state index in [1.54, 1.807) is 6.92 Å². The van der Waals surface area contributed by atoms with Crippen LogP contribution in [0, 0.1) is 0 Å². The molecule has 24 heavy (non-hydrogen) atoms. The molecule has 0 radical (unpaired) electrons. The maximum Gasteiger partial charge on any atom is 0.416 e. The van der Waals surface area contributed by atoms with E-state index in [1.165, 1.54) is 0 Å². The summed E-state index contributed by atoms with van der Waals surface area (Å²) in [7, 11) is 0. The minimum atomic E-state index is -4.56. The summed E-state index contributed by atoms with van der Waals surface area (Å²) in [6, 6.07) is 0.0730. The number of hydrogen-bond donors (Lipinski definition) is 2. The van der Waals surface area contributed by atoms with Crippen molar-refractivity contribution >= 4 is 17.8 Å². The van der Waals surface area contributed by atoms with Crippen molar-refractivity contribution < 1.29 is 27.2 Å². The van der Waals surface area contributed by atoms with E-state index in [9.17, 15) is 27.2 Å². The highest BCUT2D eigenvalue weighted by molar-refractivity contribution is 5.94. The predicted molar refractivity (Wildman–Crippen MR) is 76.9 cm³/mol. The fourth-order valence-corrected chi connectivity index (χ4v) is 2.35. The first-order valence-electron chi connectivity index (χ1n) is 7.24. The first-order valence-corrected chi connectivity index (χ1v) is 7.24. The molecule has 2 heterocycles. The van der Waals surface area contributed by atoms with Crippen molar-refractivity contribution in [3.05, 3.63) is 23.9 Å². The Hall–Kier alpha value is -2.39. The van der Waals surface area contributed by atoms with Crippen LogP contribution in [0.25, 0.3) is 0 Å². The molecule has 1 saturated heterocycles. The number of pyridine rings is 1. The van der Waals surface area contributed by atoms with Gasteiger partial charge in [0.15, 0.2) is 0 Å². The van der Waals surface area contributed by atoms with Crippen LogP contribution in [0.1, 0.15) is 18.9 Å². The Morgan fingerprint density at radius 1 is 1.54 bits per heavy atom. The van der Waals surface area contributed by atoms with Crippen LogP contribution in [0.5, 0.6) is 0 Å². The number of nitrogens with zero attached hydrogens (tertiary/aromatic N) is 2. The predicted octanol–water partition coefficient (Wildman–Crippen LogP) is 2.18. The molecule has 0 spiro atoms. The summed E-state index contributed by atoms with van der Waals surface area (Å²) in [5, 5.41) is 4.62. The summed E-state index contributed by atoms with van der Waals surface area (Å²) in [6.45, 7) is 1.20. The first-order chi connectivity index (χ1) is 11.2. The Kier molecular flexibility index (Phi) is 5.25. The number of nitrogens with one attached hydrogen (secondary N) is 2. The van der Waals surface area contributed by atoms with Crippen molar-refractivity contribution in [2.45, 2.75) is 31.7 Å². The van der Waals surface area contributed by atoms with Gasteiger partial charge in [0, 0.05) is 12.7 Å². The summed E-state index contributed by atoms with van der Waals surface area (Å²) in [6.07, 6.45) is -4.78. The smallest absolute Gasteiger partial charge is 0.336 e. The summed E-state index contributed by atoms with van der Waals surface area (Å²) >= 11 is 0. The highest BCUT2D eigenvalue weighted by atomic mass is 19.4. The lowest BCUT2D eigenvalue weighted by molar-refractivity contribution is -0.137. The van der Waals surface area contributed by atoms with Crippen molar-refractivity contribution in [2.24, 2.45) is 0 Å². The van der Waals surface area contributed by atoms with E-state index in [0.29, 0.717) is 6.07 Å². The van der Waals surface area contributed by atoms with E-state index in [2.05, 4.69) is 15.6 Å². The quantitative estimate of drug-likeness (QED) is 0.801. The van der Waals surface area contributed by atoms with Crippen LogP contribution < -0.4 is 10.6 Å². The Bertz CT molecular complexity index is 623. The van der Waals surface area contributed by atoms with Gasteiger partial charge in [-0.25, -0.2) is 14.2 Å². The minimum Gasteiger partial charge on any atom is -0.336 e. The second kappa shape index (κ2) is 7.02. The van der Waals surface area contributed by atoms with E-state index in [4.69, 9.17) is 0 Å². The maximum atomic E-state index is 13.8. The van der Waals surface area contributed by atoms with Crippen LogP contribution in [-0.4, -0.2) is 47.1 Å². The summed E-state index contributed by atoms with van der Waals surface area (Å²) in [4.78, 5) is 28.3. The summed E-state index contributed by atoms with van der Waals surface area (Å²) < 4.78 is 51.7. The number of rotatable bonds is 5. The van der Waals surface area contributed by atoms with Crippen molar-refractivity contribution in [1.82, 2.24) is 15.2 Å². The van der Waals surface area contributed by atoms with E-state index < -0.39 is 42.4 Å². The molecular weight excluding hydrogens is 332 g/mol. The average molecular weight is 348 g/mol. The Labute approximate surface area is 135 Å². The first kappa shape index (κ1) is 18.0. The van der Waals surface area contributed by atoms with Gasteiger partial charge in [0.2, 0.25) is 5.91 Å². The average Bonchev–Trinajstić information content (AvgIpc) is 2.87. The van der Waals surface area contributed by atoms with Crippen LogP contribution in [0.3, 0.4) is 0 Å². The summed E-state index contributed by atoms with van der Waals surface area (Å²) in [5.41, 5.74) is -0.959. The number of amides is 3. The van der Waals surface area contributed by atoms with Gasteiger partial charge in [0.05, 0.1) is 11.6 Å². The molecule has 2 atom stereocenters. The van der Waals surface area contributed by atoms with Gasteiger partial charge in [-0.05, 0) is 18.6 Å². The third kappa shape index (κ3) is 4.12. The molecule has 2 rings (SSSR count). The van der Waals surface area contributed by atoms with E-state index >= 15 is 0 Å². The number of aromatic nitrogens is 1. The molecule has 132 valence electrons. The molecule has 1 aromatic heterocycles. The van der Waals surface area contributed by atoms with Gasteiger partial charge < -0.3 is 15.5 Å². The molecule has 1 aliphatic rings. The Morgan fingerprint density at radius 2 is 2.25 bits per heavy atom. The zero-order valence-corrected chi connectivity index (χ0v) is 12.7. The fraction of sp³-hybridized carbons (Fsp3) is 0.500. The van der Waals surface area contributed by atoms with Crippen LogP contribution in [0.2, 0.25) is 0 Å². The second-order valence-corrected chi connectivity index (χ2v) is 5.28. The lowest BCUT2D eigenvalue weighted by Gasteiger charge is -2.24. The third-order valence-electron chi connectivity index (χ3n) is 3.60. The molecule has 0 aromatic carbocycles. The van der Waals surface area contributed by atoms with Gasteiger partial charge >= 0.3 is 12.2 Å². The molecule has 6 nitrogen and oxygen atoms in total. The van der Waals surface area contributed by atoms with Crippen molar-refractivity contribution in [2.75, 3.05) is 18.4 Å². The largest absolute Gasteiger partial charge is 0.416 e. The lowest BCUT2D eigenvalue weighted by Crippen LogP contribution is -2.44. The molecular formula is C14H16F4N4O2. The second-order valence-electron chi connectivity index (χ2n) is 5.28. The number of carbonyl (C=O) groups is 2. The molecule has 1 fully saturated rings. The highest BCUT2D eigenvalue weighted by Gasteiger charge is 2.37. The number of carbonyl (C=O) groups excluding carboxylic acids is 2. The zero-order valence-electron chi connectivity index (χ0n) is 12.7. The van der Waals surface area contributed by atoms with Crippen LogP contribution in [0.4, 0.5) is 28.2 Å². The zero-order chi connectivity index (χ0) is 17.9. The topological polar surface area (TPSA) is 74.3 Å². The van der Waals surface area contributed by atoms with Crippen molar-refractivity contribution in [1.29, 1.82) is 0 Å². The molecule has 0 saturated carbocycles. The van der Waals surface area contributed by atoms with Crippen LogP contribution in [0.15, 0.2) is 18.3 Å². The van der Waals surface area contributed by atoms with Crippen molar-refractivity contribution in [3.8, 4) is 0 Å². The molecule has 3 amide bonds. The number of hydrogen-bond acceptors (Lipinski definition) is 3. The van der Waals surface area contributed by atoms with E-state index in [0.717, 1.165) is 17.2 Å². The van der Waals surface area contributed by atoms with Crippen molar-refractivity contribution in [3.63, 3.8) is 0 Å². The van der Waals surface area contributed by atoms with Gasteiger partial charge in [-0.15, -0.1) is 0 Å². The van der Waals surface area contributed by atoms with Gasteiger partial charge in [-0.1, -0.05) is 6.92 Å². The van der Waals surface area contributed by atoms with Gasteiger partial charge in [0.1, 0.15) is 18.5 Å². The molecule has 0 bridgehead atoms. The Balaban J connectivity index is 2.04. The maximum absolute atomic E-state index is 13.8. The monoisotopic (exact) mass is 348 g/mol. The standard InChI is InChI=1S/C14H16F4N4O2/c1-2-9(15)10-6-20-13(24)22(10)7-12(23)21-11-5-8(3-4-19-11)14(16,17)18/h3-5,9-10H,2,6-7H2,1H3,(H,20,24)(H,19,21,23)/t9-,10+/m0/s1. The number of urea groups is 1. The molecule has 0 unspecified atom stereocenters.